The highest BCUT2D eigenvalue weighted by molar-refractivity contribution is 6.30. The molecule has 1 aromatic carbocycles. The largest absolute Gasteiger partial charge is 0.298 e. The number of amides is 1. The van der Waals surface area contributed by atoms with Gasteiger partial charge in [0.25, 0.3) is 0 Å². The fraction of sp³-hybridized carbons (Fsp3) is 0.182. The third kappa shape index (κ3) is 2.13. The predicted octanol–water partition coefficient (Wildman–Crippen LogP) is 2.10. The van der Waals surface area contributed by atoms with Crippen molar-refractivity contribution in [2.24, 2.45) is 0 Å². The van der Waals surface area contributed by atoms with E-state index in [2.05, 4.69) is 10.9 Å². The van der Waals surface area contributed by atoms with Crippen molar-refractivity contribution in [3.8, 4) is 0 Å². The minimum atomic E-state index is -0.00906. The zero-order chi connectivity index (χ0) is 10.8. The van der Waals surface area contributed by atoms with E-state index in [9.17, 15) is 4.79 Å². The van der Waals surface area contributed by atoms with Gasteiger partial charge in [0, 0.05) is 5.02 Å². The second-order valence-electron chi connectivity index (χ2n) is 3.51. The number of nitrogens with one attached hydrogen (secondary N) is 2. The molecule has 4 heteroatoms. The van der Waals surface area contributed by atoms with Gasteiger partial charge >= 0.3 is 0 Å². The van der Waals surface area contributed by atoms with Crippen molar-refractivity contribution >= 4 is 23.2 Å². The fourth-order valence-corrected chi connectivity index (χ4v) is 1.67. The summed E-state index contributed by atoms with van der Waals surface area (Å²) >= 11 is 5.80. The van der Waals surface area contributed by atoms with E-state index in [4.69, 9.17) is 11.6 Å². The predicted molar refractivity (Wildman–Crippen MR) is 59.9 cm³/mol. The third-order valence-electron chi connectivity index (χ3n) is 2.31. The first-order chi connectivity index (χ1) is 7.16. The monoisotopic (exact) mass is 222 g/mol. The summed E-state index contributed by atoms with van der Waals surface area (Å²) in [6.07, 6.45) is 0.435. The lowest BCUT2D eigenvalue weighted by atomic mass is 10.0. The van der Waals surface area contributed by atoms with Crippen LogP contribution in [-0.4, -0.2) is 5.91 Å². The minimum Gasteiger partial charge on any atom is -0.298 e. The van der Waals surface area contributed by atoms with Gasteiger partial charge in [-0.15, -0.1) is 0 Å². The maximum atomic E-state index is 11.1. The van der Waals surface area contributed by atoms with Crippen LogP contribution in [0.5, 0.6) is 0 Å². The molecular formula is C11H11ClN2O. The highest BCUT2D eigenvalue weighted by atomic mass is 35.5. The number of carbonyl (C=O) groups is 1. The number of hydrogen-bond donors (Lipinski definition) is 2. The summed E-state index contributed by atoms with van der Waals surface area (Å²) in [4.78, 5) is 11.1. The Morgan fingerprint density at radius 1 is 1.20 bits per heavy atom. The summed E-state index contributed by atoms with van der Waals surface area (Å²) in [7, 11) is 0. The Balaban J connectivity index is 2.34. The summed E-state index contributed by atoms with van der Waals surface area (Å²) < 4.78 is 0. The Bertz CT molecular complexity index is 423. The standard InChI is InChI=1S/C11H11ClN2O/c1-7-6-10(15)13-14-11(7)8-2-4-9(12)5-3-8/h2-5,14H,6H2,1H3,(H,13,15). The van der Waals surface area contributed by atoms with Crippen LogP contribution in [0.15, 0.2) is 29.8 Å². The first-order valence-electron chi connectivity index (χ1n) is 4.67. The maximum absolute atomic E-state index is 11.1. The van der Waals surface area contributed by atoms with Crippen molar-refractivity contribution < 1.29 is 4.79 Å². The van der Waals surface area contributed by atoms with E-state index < -0.39 is 0 Å². The summed E-state index contributed by atoms with van der Waals surface area (Å²) in [6.45, 7) is 1.94. The van der Waals surface area contributed by atoms with Gasteiger partial charge in [-0.3, -0.25) is 15.6 Å². The normalized spacial score (nSPS) is 16.0. The van der Waals surface area contributed by atoms with Gasteiger partial charge in [0.15, 0.2) is 0 Å². The van der Waals surface area contributed by atoms with Gasteiger partial charge in [0.2, 0.25) is 5.91 Å². The molecule has 0 unspecified atom stereocenters. The smallest absolute Gasteiger partial charge is 0.242 e. The molecule has 3 nitrogen and oxygen atoms in total. The molecule has 15 heavy (non-hydrogen) atoms. The molecule has 0 saturated heterocycles. The van der Waals surface area contributed by atoms with Gasteiger partial charge in [0.05, 0.1) is 12.1 Å². The molecule has 0 radical (unpaired) electrons. The lowest BCUT2D eigenvalue weighted by Gasteiger charge is -2.20. The third-order valence-corrected chi connectivity index (χ3v) is 2.56. The van der Waals surface area contributed by atoms with E-state index in [-0.39, 0.29) is 5.91 Å². The molecule has 1 aromatic rings. The Kier molecular flexibility index (Phi) is 2.64. The van der Waals surface area contributed by atoms with Crippen LogP contribution in [0.25, 0.3) is 5.70 Å². The minimum absolute atomic E-state index is 0.00906. The first-order valence-corrected chi connectivity index (χ1v) is 5.05. The zero-order valence-electron chi connectivity index (χ0n) is 8.30. The van der Waals surface area contributed by atoms with E-state index in [1.807, 2.05) is 31.2 Å². The Morgan fingerprint density at radius 2 is 1.87 bits per heavy atom. The van der Waals surface area contributed by atoms with E-state index >= 15 is 0 Å². The number of hydrogen-bond acceptors (Lipinski definition) is 2. The molecule has 0 aliphatic carbocycles. The molecular weight excluding hydrogens is 212 g/mol. The van der Waals surface area contributed by atoms with Gasteiger partial charge < -0.3 is 0 Å². The maximum Gasteiger partial charge on any atom is 0.242 e. The van der Waals surface area contributed by atoms with Crippen LogP contribution in [0, 0.1) is 0 Å². The van der Waals surface area contributed by atoms with Crippen LogP contribution >= 0.6 is 11.6 Å². The van der Waals surface area contributed by atoms with E-state index in [0.29, 0.717) is 11.4 Å². The number of halogens is 1. The molecule has 0 fully saturated rings. The van der Waals surface area contributed by atoms with Crippen LogP contribution in [-0.2, 0) is 4.79 Å². The highest BCUT2D eigenvalue weighted by Crippen LogP contribution is 2.21. The molecule has 0 spiro atoms. The summed E-state index contributed by atoms with van der Waals surface area (Å²) in [5.41, 5.74) is 8.49. The summed E-state index contributed by atoms with van der Waals surface area (Å²) in [6, 6.07) is 7.50. The van der Waals surface area contributed by atoms with Crippen LogP contribution in [0.4, 0.5) is 0 Å². The van der Waals surface area contributed by atoms with Crippen molar-refractivity contribution in [2.45, 2.75) is 13.3 Å². The van der Waals surface area contributed by atoms with Crippen molar-refractivity contribution in [1.82, 2.24) is 10.9 Å². The van der Waals surface area contributed by atoms with E-state index in [1.165, 1.54) is 0 Å². The molecule has 1 heterocycles. The molecule has 0 atom stereocenters. The SMILES string of the molecule is CC1=C(c2ccc(Cl)cc2)NNC(=O)C1. The molecule has 1 aliphatic rings. The molecule has 2 rings (SSSR count). The van der Waals surface area contributed by atoms with Gasteiger partial charge in [-0.25, -0.2) is 0 Å². The fourth-order valence-electron chi connectivity index (χ4n) is 1.55. The second kappa shape index (κ2) is 3.95. The van der Waals surface area contributed by atoms with E-state index in [0.717, 1.165) is 16.8 Å². The van der Waals surface area contributed by atoms with Crippen molar-refractivity contribution in [3.05, 3.63) is 40.4 Å². The molecule has 2 N–H and O–H groups in total. The molecule has 78 valence electrons. The quantitative estimate of drug-likeness (QED) is 0.764. The number of rotatable bonds is 1. The van der Waals surface area contributed by atoms with Gasteiger partial charge in [-0.1, -0.05) is 23.7 Å². The molecule has 0 aromatic heterocycles. The topological polar surface area (TPSA) is 41.1 Å². The number of hydrazine groups is 1. The van der Waals surface area contributed by atoms with Crippen molar-refractivity contribution in [2.75, 3.05) is 0 Å². The highest BCUT2D eigenvalue weighted by Gasteiger charge is 2.15. The lowest BCUT2D eigenvalue weighted by molar-refractivity contribution is -0.121. The summed E-state index contributed by atoms with van der Waals surface area (Å²) in [5, 5.41) is 0.705. The van der Waals surface area contributed by atoms with Crippen LogP contribution in [0.2, 0.25) is 5.02 Å². The average molecular weight is 223 g/mol. The van der Waals surface area contributed by atoms with Crippen LogP contribution in [0.3, 0.4) is 0 Å². The van der Waals surface area contributed by atoms with Gasteiger partial charge in [-0.2, -0.15) is 0 Å². The van der Waals surface area contributed by atoms with Crippen LogP contribution < -0.4 is 10.9 Å². The second-order valence-corrected chi connectivity index (χ2v) is 3.95. The van der Waals surface area contributed by atoms with Crippen molar-refractivity contribution in [1.29, 1.82) is 0 Å². The Morgan fingerprint density at radius 3 is 2.47 bits per heavy atom. The van der Waals surface area contributed by atoms with Crippen molar-refractivity contribution in [3.63, 3.8) is 0 Å². The first kappa shape index (κ1) is 10.1. The molecule has 0 bridgehead atoms. The Labute approximate surface area is 93.1 Å². The number of carbonyl (C=O) groups excluding carboxylic acids is 1. The molecule has 1 aliphatic heterocycles. The molecule has 0 saturated carbocycles. The summed E-state index contributed by atoms with van der Waals surface area (Å²) in [5.74, 6) is -0.00906. The number of benzene rings is 1. The molecule has 1 amide bonds. The van der Waals surface area contributed by atoms with Gasteiger partial charge in [-0.05, 0) is 30.2 Å². The Hall–Kier alpha value is -1.48. The lowest BCUT2D eigenvalue weighted by Crippen LogP contribution is -2.40. The van der Waals surface area contributed by atoms with Crippen LogP contribution in [0.1, 0.15) is 18.9 Å². The average Bonchev–Trinajstić information content (AvgIpc) is 2.20. The zero-order valence-corrected chi connectivity index (χ0v) is 9.06. The van der Waals surface area contributed by atoms with Gasteiger partial charge in [0.1, 0.15) is 0 Å². The van der Waals surface area contributed by atoms with E-state index in [1.54, 1.807) is 0 Å².